The molecule has 0 bridgehead atoms. The van der Waals surface area contributed by atoms with Crippen LogP contribution in [0.15, 0.2) is 36.5 Å². The standard InChI is InChI=1S/C20H22NO5/c1-23-17-6-5-13(10-18(17)24-2)9-16-15-12-20(26-4)19(25-3)11-14(15)7-8-21(16)22/h5-8,10-12,16H,9H2,1-4H3/q+1. The third-order valence-electron chi connectivity index (χ3n) is 4.53. The Morgan fingerprint density at radius 3 is 2.12 bits per heavy atom. The van der Waals surface area contributed by atoms with Gasteiger partial charge in [0.25, 0.3) is 0 Å². The lowest BCUT2D eigenvalue weighted by atomic mass is 9.92. The van der Waals surface area contributed by atoms with E-state index in [2.05, 4.69) is 0 Å². The maximum atomic E-state index is 12.5. The van der Waals surface area contributed by atoms with Crippen LogP contribution in [0.5, 0.6) is 23.0 Å². The average Bonchev–Trinajstić information content (AvgIpc) is 2.68. The molecule has 0 aromatic heterocycles. The Hall–Kier alpha value is -3.02. The van der Waals surface area contributed by atoms with E-state index >= 15 is 0 Å². The largest absolute Gasteiger partial charge is 0.493 e. The molecule has 0 radical (unpaired) electrons. The van der Waals surface area contributed by atoms with Crippen molar-refractivity contribution in [3.63, 3.8) is 0 Å². The average molecular weight is 356 g/mol. The van der Waals surface area contributed by atoms with Gasteiger partial charge in [-0.3, -0.25) is 0 Å². The van der Waals surface area contributed by atoms with E-state index in [1.165, 1.54) is 0 Å². The van der Waals surface area contributed by atoms with Crippen molar-refractivity contribution in [3.05, 3.63) is 58.1 Å². The van der Waals surface area contributed by atoms with Gasteiger partial charge in [-0.05, 0) is 35.4 Å². The first kappa shape index (κ1) is 17.8. The van der Waals surface area contributed by atoms with Crippen LogP contribution >= 0.6 is 0 Å². The minimum Gasteiger partial charge on any atom is -0.493 e. The van der Waals surface area contributed by atoms with Gasteiger partial charge in [-0.25, -0.2) is 0 Å². The summed E-state index contributed by atoms with van der Waals surface area (Å²) in [5.41, 5.74) is 2.82. The molecule has 0 aliphatic carbocycles. The van der Waals surface area contributed by atoms with E-state index in [0.717, 1.165) is 21.5 Å². The van der Waals surface area contributed by atoms with Crippen LogP contribution in [0.3, 0.4) is 0 Å². The fourth-order valence-electron chi connectivity index (χ4n) is 3.17. The minimum absolute atomic E-state index is 0.368. The van der Waals surface area contributed by atoms with Gasteiger partial charge in [0.05, 0.1) is 28.4 Å². The molecule has 0 amide bonds. The number of methoxy groups -OCH3 is 4. The topological polar surface area (TPSA) is 57.0 Å². The Balaban J connectivity index is 1.99. The van der Waals surface area contributed by atoms with Crippen LogP contribution in [0.25, 0.3) is 6.08 Å². The second-order valence-corrected chi connectivity index (χ2v) is 5.92. The number of benzene rings is 2. The second-order valence-electron chi connectivity index (χ2n) is 5.92. The Bertz CT molecular complexity index is 860. The first-order valence-corrected chi connectivity index (χ1v) is 8.21. The van der Waals surface area contributed by atoms with Crippen LogP contribution in [0.1, 0.15) is 22.7 Å². The summed E-state index contributed by atoms with van der Waals surface area (Å²) in [5.74, 6) is 2.54. The van der Waals surface area contributed by atoms with Gasteiger partial charge in [0, 0.05) is 27.7 Å². The summed E-state index contributed by atoms with van der Waals surface area (Å²) >= 11 is 0. The second kappa shape index (κ2) is 7.47. The number of fused-ring (bicyclic) bond motifs is 1. The van der Waals surface area contributed by atoms with E-state index in [1.54, 1.807) is 40.7 Å². The van der Waals surface area contributed by atoms with Crippen LogP contribution in [-0.2, 0) is 6.42 Å². The van der Waals surface area contributed by atoms with E-state index in [4.69, 9.17) is 18.9 Å². The molecule has 26 heavy (non-hydrogen) atoms. The van der Waals surface area contributed by atoms with Crippen molar-refractivity contribution in [1.82, 2.24) is 0 Å². The van der Waals surface area contributed by atoms with Crippen LogP contribution in [0.2, 0.25) is 0 Å². The molecule has 6 nitrogen and oxygen atoms in total. The number of nitroso groups, excluding NO2 is 1. The van der Waals surface area contributed by atoms with Crippen molar-refractivity contribution in [2.75, 3.05) is 28.4 Å². The molecule has 0 fully saturated rings. The number of nitrogens with zero attached hydrogens (tertiary/aromatic N) is 1. The Labute approximate surface area is 152 Å². The summed E-state index contributed by atoms with van der Waals surface area (Å²) in [7, 11) is 6.37. The predicted octanol–water partition coefficient (Wildman–Crippen LogP) is 3.77. The number of rotatable bonds is 6. The number of hydrogen-bond donors (Lipinski definition) is 0. The van der Waals surface area contributed by atoms with Gasteiger partial charge in [-0.2, -0.15) is 0 Å². The molecule has 0 spiro atoms. The molecular weight excluding hydrogens is 334 g/mol. The summed E-state index contributed by atoms with van der Waals surface area (Å²) < 4.78 is 22.4. The Kier molecular flexibility index (Phi) is 5.11. The Morgan fingerprint density at radius 2 is 1.46 bits per heavy atom. The molecule has 3 rings (SSSR count). The molecule has 1 atom stereocenters. The third-order valence-corrected chi connectivity index (χ3v) is 4.53. The van der Waals surface area contributed by atoms with Crippen LogP contribution in [-0.4, -0.2) is 33.2 Å². The lowest BCUT2D eigenvalue weighted by molar-refractivity contribution is -0.528. The lowest BCUT2D eigenvalue weighted by Crippen LogP contribution is -2.18. The molecular formula is C20H22NO5+. The summed E-state index contributed by atoms with van der Waals surface area (Å²) in [6.07, 6.45) is 3.85. The van der Waals surface area contributed by atoms with Crippen LogP contribution < -0.4 is 18.9 Å². The highest BCUT2D eigenvalue weighted by molar-refractivity contribution is 5.61. The number of ether oxygens (including phenoxy) is 4. The van der Waals surface area contributed by atoms with Crippen molar-refractivity contribution >= 4 is 6.08 Å². The van der Waals surface area contributed by atoms with E-state index in [9.17, 15) is 4.91 Å². The SMILES string of the molecule is COc1ccc(CC2c3cc(OC)c(OC)cc3C=C[N+]2=O)cc1OC. The molecule has 1 heterocycles. The van der Waals surface area contributed by atoms with Gasteiger partial charge in [-0.15, -0.1) is 0 Å². The third kappa shape index (κ3) is 3.22. The molecule has 1 aliphatic heterocycles. The van der Waals surface area contributed by atoms with E-state index in [1.807, 2.05) is 30.3 Å². The van der Waals surface area contributed by atoms with Gasteiger partial charge >= 0.3 is 0 Å². The van der Waals surface area contributed by atoms with Crippen molar-refractivity contribution in [2.24, 2.45) is 0 Å². The number of hydrogen-bond acceptors (Lipinski definition) is 5. The maximum absolute atomic E-state index is 12.5. The van der Waals surface area contributed by atoms with Crippen molar-refractivity contribution in [2.45, 2.75) is 12.5 Å². The van der Waals surface area contributed by atoms with Gasteiger partial charge in [0.2, 0.25) is 12.2 Å². The zero-order valence-corrected chi connectivity index (χ0v) is 15.3. The normalized spacial score (nSPS) is 15.4. The summed E-state index contributed by atoms with van der Waals surface area (Å²) in [6, 6.07) is 9.07. The molecule has 1 unspecified atom stereocenters. The fraction of sp³-hybridized carbons (Fsp3) is 0.300. The van der Waals surface area contributed by atoms with Gasteiger partial charge in [-0.1, -0.05) is 6.07 Å². The molecule has 1 aliphatic rings. The Morgan fingerprint density at radius 1 is 0.846 bits per heavy atom. The van der Waals surface area contributed by atoms with Crippen molar-refractivity contribution < 1.29 is 23.7 Å². The summed E-state index contributed by atoms with van der Waals surface area (Å²) in [6.45, 7) is 0. The predicted molar refractivity (Wildman–Crippen MR) is 98.2 cm³/mol. The van der Waals surface area contributed by atoms with Gasteiger partial charge in [0.1, 0.15) is 0 Å². The molecule has 0 saturated carbocycles. The zero-order chi connectivity index (χ0) is 18.7. The molecule has 2 aromatic carbocycles. The molecule has 0 N–H and O–H groups in total. The summed E-state index contributed by atoms with van der Waals surface area (Å²) in [5, 5.41) is 0. The van der Waals surface area contributed by atoms with Crippen LogP contribution in [0, 0.1) is 4.91 Å². The molecule has 6 heteroatoms. The van der Waals surface area contributed by atoms with E-state index in [0.29, 0.717) is 29.4 Å². The van der Waals surface area contributed by atoms with Crippen LogP contribution in [0.4, 0.5) is 0 Å². The fourth-order valence-corrected chi connectivity index (χ4v) is 3.17. The highest BCUT2D eigenvalue weighted by Crippen LogP contribution is 2.39. The highest BCUT2D eigenvalue weighted by atomic mass is 16.5. The van der Waals surface area contributed by atoms with Gasteiger partial charge < -0.3 is 18.9 Å². The minimum atomic E-state index is -0.368. The molecule has 2 aromatic rings. The smallest absolute Gasteiger partial charge is 0.237 e. The van der Waals surface area contributed by atoms with Crippen molar-refractivity contribution in [1.29, 1.82) is 0 Å². The maximum Gasteiger partial charge on any atom is 0.237 e. The van der Waals surface area contributed by atoms with E-state index in [-0.39, 0.29) is 6.04 Å². The van der Waals surface area contributed by atoms with E-state index < -0.39 is 0 Å². The first-order valence-electron chi connectivity index (χ1n) is 8.21. The molecule has 0 saturated heterocycles. The molecule has 136 valence electrons. The monoisotopic (exact) mass is 356 g/mol. The van der Waals surface area contributed by atoms with Crippen molar-refractivity contribution in [3.8, 4) is 23.0 Å². The summed E-state index contributed by atoms with van der Waals surface area (Å²) in [4.78, 5) is 12.5. The van der Waals surface area contributed by atoms with Gasteiger partial charge in [0.15, 0.2) is 23.0 Å². The first-order chi connectivity index (χ1) is 12.6. The lowest BCUT2D eigenvalue weighted by Gasteiger charge is -2.18. The zero-order valence-electron chi connectivity index (χ0n) is 15.3. The highest BCUT2D eigenvalue weighted by Gasteiger charge is 2.33. The quantitative estimate of drug-likeness (QED) is 0.738.